The van der Waals surface area contributed by atoms with Gasteiger partial charge in [0.25, 0.3) is 5.95 Å². The monoisotopic (exact) mass is 292 g/mol. The highest BCUT2D eigenvalue weighted by molar-refractivity contribution is 7.99. The minimum absolute atomic E-state index is 0.316. The molecule has 0 saturated carbocycles. The van der Waals surface area contributed by atoms with Crippen molar-refractivity contribution < 1.29 is 0 Å². The maximum atomic E-state index is 5.41. The molecule has 1 unspecified atom stereocenters. The van der Waals surface area contributed by atoms with Crippen LogP contribution in [0.25, 0.3) is 5.95 Å². The van der Waals surface area contributed by atoms with E-state index >= 15 is 0 Å². The third-order valence-corrected chi connectivity index (χ3v) is 4.17. The Bertz CT molecular complexity index is 552. The lowest BCUT2D eigenvalue weighted by molar-refractivity contribution is 0.675. The summed E-state index contributed by atoms with van der Waals surface area (Å²) in [6.07, 6.45) is 5.78. The normalized spacial score (nSPS) is 18.8. The number of nitrogens with zero attached hydrogens (tertiary/aromatic N) is 5. The van der Waals surface area contributed by atoms with Gasteiger partial charge < -0.3 is 5.32 Å². The molecule has 0 bridgehead atoms. The molecule has 106 valence electrons. The van der Waals surface area contributed by atoms with Crippen molar-refractivity contribution in [3.05, 3.63) is 18.5 Å². The second-order valence-electron chi connectivity index (χ2n) is 4.44. The van der Waals surface area contributed by atoms with E-state index in [1.807, 2.05) is 17.8 Å². The average molecular weight is 292 g/mol. The molecule has 2 aromatic heterocycles. The highest BCUT2D eigenvalue weighted by Crippen LogP contribution is 2.20. The summed E-state index contributed by atoms with van der Waals surface area (Å²) in [5.74, 6) is 8.97. The van der Waals surface area contributed by atoms with Crippen LogP contribution in [0.15, 0.2) is 18.5 Å². The number of hydrogen-bond acceptors (Lipinski definition) is 8. The van der Waals surface area contributed by atoms with E-state index in [9.17, 15) is 0 Å². The zero-order valence-electron chi connectivity index (χ0n) is 10.9. The van der Waals surface area contributed by atoms with Crippen molar-refractivity contribution in [3.63, 3.8) is 0 Å². The molecule has 0 spiro atoms. The van der Waals surface area contributed by atoms with E-state index < -0.39 is 0 Å². The van der Waals surface area contributed by atoms with Crippen LogP contribution >= 0.6 is 11.8 Å². The molecule has 1 aliphatic rings. The van der Waals surface area contributed by atoms with Gasteiger partial charge in [0.2, 0.25) is 11.9 Å². The lowest BCUT2D eigenvalue weighted by Gasteiger charge is -2.22. The summed E-state index contributed by atoms with van der Waals surface area (Å²) in [4.78, 5) is 12.8. The van der Waals surface area contributed by atoms with E-state index in [-0.39, 0.29) is 0 Å². The molecule has 0 aliphatic carbocycles. The number of nitrogens with two attached hydrogens (primary N) is 1. The number of anilines is 2. The molecule has 1 fully saturated rings. The van der Waals surface area contributed by atoms with Crippen molar-refractivity contribution in [1.82, 2.24) is 24.7 Å². The van der Waals surface area contributed by atoms with Crippen molar-refractivity contribution in [3.8, 4) is 5.95 Å². The first-order valence-corrected chi connectivity index (χ1v) is 7.57. The molecule has 20 heavy (non-hydrogen) atoms. The Hall–Kier alpha value is -1.87. The molecular formula is C11H16N8S. The summed E-state index contributed by atoms with van der Waals surface area (Å²) in [5, 5.41) is 7.45. The number of hydrazine groups is 1. The number of thioether (sulfide) groups is 1. The molecule has 1 atom stereocenters. The first-order chi connectivity index (χ1) is 9.85. The Morgan fingerprint density at radius 2 is 2.20 bits per heavy atom. The van der Waals surface area contributed by atoms with E-state index in [1.54, 1.807) is 17.1 Å². The van der Waals surface area contributed by atoms with E-state index in [1.165, 1.54) is 12.2 Å². The summed E-state index contributed by atoms with van der Waals surface area (Å²) < 4.78 is 1.57. The van der Waals surface area contributed by atoms with Gasteiger partial charge in [0.15, 0.2) is 0 Å². The van der Waals surface area contributed by atoms with Gasteiger partial charge in [-0.05, 0) is 24.7 Å². The fourth-order valence-corrected chi connectivity index (χ4v) is 3.09. The van der Waals surface area contributed by atoms with Crippen molar-refractivity contribution >= 4 is 23.7 Å². The molecule has 0 amide bonds. The standard InChI is InChI=1S/C11H16N8S/c12-18-10-15-9(14-8-3-1-6-20-7-8)16-11(17-10)19-5-2-4-13-19/h2,4-5,8H,1,3,6-7,12H2,(H2,14,15,16,17,18). The molecule has 0 radical (unpaired) electrons. The lowest BCUT2D eigenvalue weighted by Crippen LogP contribution is -2.27. The smallest absolute Gasteiger partial charge is 0.257 e. The molecule has 3 heterocycles. The van der Waals surface area contributed by atoms with Crippen LogP contribution in [0.3, 0.4) is 0 Å². The van der Waals surface area contributed by atoms with Gasteiger partial charge >= 0.3 is 0 Å². The fraction of sp³-hybridized carbons (Fsp3) is 0.455. The van der Waals surface area contributed by atoms with E-state index in [0.717, 1.165) is 12.2 Å². The predicted molar refractivity (Wildman–Crippen MR) is 78.7 cm³/mol. The summed E-state index contributed by atoms with van der Waals surface area (Å²) in [6.45, 7) is 0. The van der Waals surface area contributed by atoms with Crippen LogP contribution in [-0.2, 0) is 0 Å². The number of hydrogen-bond donors (Lipinski definition) is 3. The second kappa shape index (κ2) is 6.06. The van der Waals surface area contributed by atoms with Crippen LogP contribution in [0.2, 0.25) is 0 Å². The molecule has 0 aromatic carbocycles. The highest BCUT2D eigenvalue weighted by atomic mass is 32.2. The van der Waals surface area contributed by atoms with Gasteiger partial charge in [-0.25, -0.2) is 10.5 Å². The van der Waals surface area contributed by atoms with Gasteiger partial charge in [0.1, 0.15) is 0 Å². The summed E-state index contributed by atoms with van der Waals surface area (Å²) in [5.41, 5.74) is 2.46. The summed E-state index contributed by atoms with van der Waals surface area (Å²) in [7, 11) is 0. The van der Waals surface area contributed by atoms with E-state index in [0.29, 0.717) is 23.9 Å². The number of nitrogen functional groups attached to an aromatic ring is 1. The van der Waals surface area contributed by atoms with Crippen molar-refractivity contribution in [2.24, 2.45) is 5.84 Å². The SMILES string of the molecule is NNc1nc(NC2CCCSC2)nc(-n2cccn2)n1. The highest BCUT2D eigenvalue weighted by Gasteiger charge is 2.16. The van der Waals surface area contributed by atoms with Gasteiger partial charge in [-0.1, -0.05) is 0 Å². The summed E-state index contributed by atoms with van der Waals surface area (Å²) in [6, 6.07) is 2.19. The Labute approximate surface area is 120 Å². The topological polar surface area (TPSA) is 107 Å². The Morgan fingerprint density at radius 1 is 1.30 bits per heavy atom. The lowest BCUT2D eigenvalue weighted by atomic mass is 10.2. The van der Waals surface area contributed by atoms with Gasteiger partial charge in [-0.15, -0.1) is 0 Å². The van der Waals surface area contributed by atoms with Crippen molar-refractivity contribution in [2.45, 2.75) is 18.9 Å². The van der Waals surface area contributed by atoms with Crippen LogP contribution in [0, 0.1) is 0 Å². The van der Waals surface area contributed by atoms with Crippen LogP contribution in [0.1, 0.15) is 12.8 Å². The number of nitrogens with one attached hydrogen (secondary N) is 2. The minimum atomic E-state index is 0.316. The van der Waals surface area contributed by atoms with Crippen LogP contribution in [-0.4, -0.2) is 42.3 Å². The van der Waals surface area contributed by atoms with Crippen molar-refractivity contribution in [1.29, 1.82) is 0 Å². The molecule has 8 nitrogen and oxygen atoms in total. The number of rotatable bonds is 4. The Balaban J connectivity index is 1.84. The molecule has 1 aliphatic heterocycles. The second-order valence-corrected chi connectivity index (χ2v) is 5.59. The van der Waals surface area contributed by atoms with Gasteiger partial charge in [-0.2, -0.15) is 31.8 Å². The maximum Gasteiger partial charge on any atom is 0.257 e. The van der Waals surface area contributed by atoms with Crippen LogP contribution in [0.4, 0.5) is 11.9 Å². The van der Waals surface area contributed by atoms with Crippen molar-refractivity contribution in [2.75, 3.05) is 22.2 Å². The molecule has 3 rings (SSSR count). The Morgan fingerprint density at radius 3 is 2.90 bits per heavy atom. The first kappa shape index (κ1) is 13.1. The molecular weight excluding hydrogens is 276 g/mol. The predicted octanol–water partition coefficient (Wildman–Crippen LogP) is 0.650. The third kappa shape index (κ3) is 2.99. The molecule has 2 aromatic rings. The van der Waals surface area contributed by atoms with E-state index in [4.69, 9.17) is 5.84 Å². The quantitative estimate of drug-likeness (QED) is 0.557. The first-order valence-electron chi connectivity index (χ1n) is 6.42. The van der Waals surface area contributed by atoms with Gasteiger partial charge in [-0.3, -0.25) is 5.43 Å². The van der Waals surface area contributed by atoms with E-state index in [2.05, 4.69) is 30.8 Å². The van der Waals surface area contributed by atoms with Crippen LogP contribution < -0.4 is 16.6 Å². The molecule has 4 N–H and O–H groups in total. The maximum absolute atomic E-state index is 5.41. The Kier molecular flexibility index (Phi) is 3.97. The minimum Gasteiger partial charge on any atom is -0.350 e. The number of aromatic nitrogens is 5. The fourth-order valence-electron chi connectivity index (χ4n) is 2.02. The van der Waals surface area contributed by atoms with Gasteiger partial charge in [0.05, 0.1) is 0 Å². The third-order valence-electron chi connectivity index (χ3n) is 2.96. The zero-order valence-corrected chi connectivity index (χ0v) is 11.7. The molecule has 9 heteroatoms. The molecule has 1 saturated heterocycles. The zero-order chi connectivity index (χ0) is 13.8. The van der Waals surface area contributed by atoms with Gasteiger partial charge in [0, 0.05) is 24.2 Å². The summed E-state index contributed by atoms with van der Waals surface area (Å²) >= 11 is 1.94. The van der Waals surface area contributed by atoms with Crippen LogP contribution in [0.5, 0.6) is 0 Å². The largest absolute Gasteiger partial charge is 0.350 e. The average Bonchev–Trinajstić information content (AvgIpc) is 3.02.